The van der Waals surface area contributed by atoms with E-state index in [4.69, 9.17) is 21.1 Å². The molecule has 226 valence electrons. The van der Waals surface area contributed by atoms with Gasteiger partial charge in [-0.2, -0.15) is 5.01 Å². The Bertz CT molecular complexity index is 1650. The summed E-state index contributed by atoms with van der Waals surface area (Å²) in [5, 5.41) is 1.89. The van der Waals surface area contributed by atoms with Gasteiger partial charge in [-0.25, -0.2) is 9.80 Å². The van der Waals surface area contributed by atoms with Crippen molar-refractivity contribution in [2.24, 2.45) is 23.7 Å². The van der Waals surface area contributed by atoms with E-state index in [1.54, 1.807) is 36.4 Å². The van der Waals surface area contributed by atoms with Gasteiger partial charge in [0.15, 0.2) is 5.78 Å². The molecule has 12 heteroatoms. The van der Waals surface area contributed by atoms with E-state index in [-0.39, 0.29) is 49.0 Å². The van der Waals surface area contributed by atoms with E-state index < -0.39 is 47.9 Å². The van der Waals surface area contributed by atoms with Gasteiger partial charge in [0.2, 0.25) is 0 Å². The van der Waals surface area contributed by atoms with Crippen LogP contribution in [0.5, 0.6) is 11.5 Å². The van der Waals surface area contributed by atoms with Crippen molar-refractivity contribution in [3.8, 4) is 11.5 Å². The predicted molar refractivity (Wildman–Crippen MR) is 167 cm³/mol. The molecular formula is C32H25Br2ClN2O7. The van der Waals surface area contributed by atoms with E-state index in [0.717, 1.165) is 16.4 Å². The smallest absolute Gasteiger partial charge is 0.343 e. The summed E-state index contributed by atoms with van der Waals surface area (Å²) in [5.74, 6) is -3.49. The van der Waals surface area contributed by atoms with Gasteiger partial charge >= 0.3 is 5.97 Å². The lowest BCUT2D eigenvalue weighted by molar-refractivity contribution is -0.154. The molecule has 44 heavy (non-hydrogen) atoms. The third-order valence-electron chi connectivity index (χ3n) is 8.53. The van der Waals surface area contributed by atoms with Crippen LogP contribution in [0.1, 0.15) is 37.5 Å². The zero-order valence-corrected chi connectivity index (χ0v) is 27.1. The van der Waals surface area contributed by atoms with Crippen molar-refractivity contribution in [2.75, 3.05) is 13.7 Å². The zero-order chi connectivity index (χ0) is 31.3. The molecule has 0 radical (unpaired) electrons. The molecule has 6 atom stereocenters. The van der Waals surface area contributed by atoms with Gasteiger partial charge in [0.05, 0.1) is 35.1 Å². The summed E-state index contributed by atoms with van der Waals surface area (Å²) in [7, 11) is 1.49. The molecule has 2 saturated carbocycles. The number of ketones is 1. The van der Waals surface area contributed by atoms with Gasteiger partial charge in [-0.3, -0.25) is 19.2 Å². The first-order valence-electron chi connectivity index (χ1n) is 13.8. The number of fused-ring (bicyclic) bond motifs is 5. The standard InChI is InChI=1S/C32H25Br2ClN2O7/c1-43-19-6-4-5-17(13-19)32(42)44-18-11-9-16(10-12-18)24(38)15-36(29(39)20-7-2-3-8-23(20)35)37-30(40)25-21-14-22(26(25)31(37)41)28(34)27(21)33/h2-13,21-22,25-28H,14-15H2,1H3/t21-,22-,25-,26-,27+,28+/m1/s1. The number of nitrogens with zero attached hydrogens (tertiary/aromatic N) is 2. The quantitative estimate of drug-likeness (QED) is 0.0974. The van der Waals surface area contributed by atoms with E-state index in [0.29, 0.717) is 5.75 Å². The second-order valence-corrected chi connectivity index (χ2v) is 13.4. The molecule has 1 saturated heterocycles. The van der Waals surface area contributed by atoms with Gasteiger partial charge in [-0.05, 0) is 72.9 Å². The van der Waals surface area contributed by atoms with Crippen molar-refractivity contribution in [3.05, 3.63) is 94.5 Å². The number of imide groups is 1. The molecular weight excluding hydrogens is 720 g/mol. The minimum atomic E-state index is -0.743. The summed E-state index contributed by atoms with van der Waals surface area (Å²) in [6, 6.07) is 18.6. The minimum absolute atomic E-state index is 0.0105. The number of amides is 3. The Morgan fingerprint density at radius 2 is 1.50 bits per heavy atom. The Morgan fingerprint density at radius 3 is 2.11 bits per heavy atom. The van der Waals surface area contributed by atoms with E-state index in [1.165, 1.54) is 43.5 Å². The first kappa shape index (κ1) is 30.5. The fourth-order valence-corrected chi connectivity index (χ4v) is 8.52. The number of alkyl halides is 2. The van der Waals surface area contributed by atoms with Crippen molar-refractivity contribution >= 4 is 72.9 Å². The first-order chi connectivity index (χ1) is 21.1. The molecule has 3 amide bonds. The summed E-state index contributed by atoms with van der Waals surface area (Å²) in [5.41, 5.74) is 0.525. The molecule has 3 aromatic carbocycles. The van der Waals surface area contributed by atoms with Crippen LogP contribution in [0.2, 0.25) is 5.02 Å². The lowest BCUT2D eigenvalue weighted by atomic mass is 9.81. The van der Waals surface area contributed by atoms with Crippen LogP contribution in [-0.4, -0.2) is 62.8 Å². The van der Waals surface area contributed by atoms with Crippen LogP contribution in [0.3, 0.4) is 0 Å². The van der Waals surface area contributed by atoms with Crippen molar-refractivity contribution in [2.45, 2.75) is 16.1 Å². The molecule has 0 N–H and O–H groups in total. The van der Waals surface area contributed by atoms with Gasteiger partial charge in [0, 0.05) is 15.2 Å². The Morgan fingerprint density at radius 1 is 0.864 bits per heavy atom. The highest BCUT2D eigenvalue weighted by molar-refractivity contribution is 9.12. The molecule has 2 aliphatic carbocycles. The van der Waals surface area contributed by atoms with Gasteiger partial charge < -0.3 is 9.47 Å². The molecule has 3 aromatic rings. The highest BCUT2D eigenvalue weighted by Crippen LogP contribution is 2.60. The zero-order valence-electron chi connectivity index (χ0n) is 23.2. The number of carbonyl (C=O) groups excluding carboxylic acids is 5. The lowest BCUT2D eigenvalue weighted by Gasteiger charge is -2.31. The number of halogens is 3. The topological polar surface area (TPSA) is 110 Å². The van der Waals surface area contributed by atoms with Crippen molar-refractivity contribution < 1.29 is 33.4 Å². The average Bonchev–Trinajstić information content (AvgIpc) is 3.64. The highest BCUT2D eigenvalue weighted by Gasteiger charge is 2.67. The van der Waals surface area contributed by atoms with E-state index in [9.17, 15) is 24.0 Å². The summed E-state index contributed by atoms with van der Waals surface area (Å²) in [6.07, 6.45) is 0.721. The van der Waals surface area contributed by atoms with Crippen LogP contribution in [0.15, 0.2) is 72.8 Å². The second-order valence-electron chi connectivity index (χ2n) is 10.9. The van der Waals surface area contributed by atoms with E-state index in [2.05, 4.69) is 31.9 Å². The molecule has 0 spiro atoms. The Labute approximate surface area is 274 Å². The number of ether oxygens (including phenoxy) is 2. The van der Waals surface area contributed by atoms with Gasteiger partial charge in [0.1, 0.15) is 18.0 Å². The van der Waals surface area contributed by atoms with Crippen LogP contribution in [0, 0.1) is 23.7 Å². The molecule has 3 aliphatic rings. The largest absolute Gasteiger partial charge is 0.497 e. The summed E-state index contributed by atoms with van der Waals surface area (Å²) in [4.78, 5) is 67.6. The number of hydrogen-bond acceptors (Lipinski definition) is 7. The number of rotatable bonds is 8. The number of Topliss-reactive ketones (excluding diaryl/α,β-unsaturated/α-hetero) is 1. The fraction of sp³-hybridized carbons (Fsp3) is 0.281. The summed E-state index contributed by atoms with van der Waals surface area (Å²) in [6.45, 7) is -0.589. The van der Waals surface area contributed by atoms with E-state index in [1.807, 2.05) is 0 Å². The monoisotopic (exact) mass is 742 g/mol. The highest BCUT2D eigenvalue weighted by atomic mass is 79.9. The number of carbonyl (C=O) groups is 5. The van der Waals surface area contributed by atoms with Crippen LogP contribution in [-0.2, 0) is 9.59 Å². The third-order valence-corrected chi connectivity index (χ3v) is 12.1. The summed E-state index contributed by atoms with van der Waals surface area (Å²) < 4.78 is 10.6. The van der Waals surface area contributed by atoms with Crippen LogP contribution < -0.4 is 9.47 Å². The maximum atomic E-state index is 13.9. The normalized spacial score (nSPS) is 25.1. The van der Waals surface area contributed by atoms with Gasteiger partial charge in [-0.15, -0.1) is 0 Å². The van der Waals surface area contributed by atoms with Crippen LogP contribution in [0.25, 0.3) is 0 Å². The molecule has 0 aromatic heterocycles. The van der Waals surface area contributed by atoms with E-state index >= 15 is 0 Å². The fourth-order valence-electron chi connectivity index (χ4n) is 6.43. The molecule has 3 fully saturated rings. The number of methoxy groups -OCH3 is 1. The molecule has 9 nitrogen and oxygen atoms in total. The molecule has 2 bridgehead atoms. The number of hydrogen-bond donors (Lipinski definition) is 0. The van der Waals surface area contributed by atoms with Crippen LogP contribution >= 0.6 is 43.5 Å². The molecule has 0 unspecified atom stereocenters. The summed E-state index contributed by atoms with van der Waals surface area (Å²) >= 11 is 13.7. The third kappa shape index (κ3) is 5.24. The average molecular weight is 745 g/mol. The van der Waals surface area contributed by atoms with Crippen molar-refractivity contribution in [3.63, 3.8) is 0 Å². The Hall–Kier alpha value is -3.54. The molecule has 1 heterocycles. The Kier molecular flexibility index (Phi) is 8.38. The van der Waals surface area contributed by atoms with Crippen molar-refractivity contribution in [1.29, 1.82) is 0 Å². The first-order valence-corrected chi connectivity index (χ1v) is 16.0. The number of esters is 1. The second kappa shape index (κ2) is 12.1. The number of hydrazine groups is 1. The van der Waals surface area contributed by atoms with Crippen LogP contribution in [0.4, 0.5) is 0 Å². The maximum Gasteiger partial charge on any atom is 0.343 e. The SMILES string of the molecule is COc1cccc(C(=O)Oc2ccc(C(=O)CN(C(=O)c3ccccc3Cl)N3C(=O)[C@@H]4[C@H]5C[C@@H]([C@H](Br)[C@H]5Br)[C@H]4C3=O)cc2)c1. The minimum Gasteiger partial charge on any atom is -0.497 e. The van der Waals surface area contributed by atoms with Gasteiger partial charge in [0.25, 0.3) is 17.7 Å². The Balaban J connectivity index is 1.24. The predicted octanol–water partition coefficient (Wildman–Crippen LogP) is 5.59. The van der Waals surface area contributed by atoms with Gasteiger partial charge in [-0.1, -0.05) is 61.7 Å². The number of benzene rings is 3. The molecule has 1 aliphatic heterocycles. The maximum absolute atomic E-state index is 13.9. The molecule has 6 rings (SSSR count). The lowest BCUT2D eigenvalue weighted by Crippen LogP contribution is -2.52. The van der Waals surface area contributed by atoms with Crippen molar-refractivity contribution in [1.82, 2.24) is 10.0 Å².